The SMILES string of the molecule is O=C1COc2cccc(c2)-c2ccc(F)c(c2)C(=O)N[C@H]2CN(C(=O)CN3CCN(c4ncccn4)CC3)C[C@@H]2Oc2ccc(cc2)CN1. The van der Waals surface area contributed by atoms with E-state index in [1.54, 1.807) is 59.8 Å². The van der Waals surface area contributed by atoms with Crippen LogP contribution in [-0.2, 0) is 16.1 Å². The summed E-state index contributed by atoms with van der Waals surface area (Å²) in [7, 11) is 0. The van der Waals surface area contributed by atoms with Crippen molar-refractivity contribution >= 4 is 23.7 Å². The summed E-state index contributed by atoms with van der Waals surface area (Å²) in [5, 5.41) is 5.82. The molecule has 1 aromatic heterocycles. The summed E-state index contributed by atoms with van der Waals surface area (Å²) in [6, 6.07) is 19.8. The third-order valence-corrected chi connectivity index (χ3v) is 8.95. The molecule has 0 unspecified atom stereocenters. The predicted molar refractivity (Wildman–Crippen MR) is 179 cm³/mol. The van der Waals surface area contributed by atoms with Gasteiger partial charge in [0.1, 0.15) is 23.4 Å². The lowest BCUT2D eigenvalue weighted by Crippen LogP contribution is -2.50. The van der Waals surface area contributed by atoms with E-state index in [-0.39, 0.29) is 43.6 Å². The molecule has 6 bridgehead atoms. The first kappa shape index (κ1) is 32.0. The highest BCUT2D eigenvalue weighted by Gasteiger charge is 2.39. The maximum Gasteiger partial charge on any atom is 0.258 e. The Bertz CT molecular complexity index is 1820. The fraction of sp³-hybridized carbons (Fsp3) is 0.306. The summed E-state index contributed by atoms with van der Waals surface area (Å²) >= 11 is 0. The lowest BCUT2D eigenvalue weighted by atomic mass is 10.0. The first-order valence-corrected chi connectivity index (χ1v) is 16.3. The molecule has 2 N–H and O–H groups in total. The number of anilines is 1. The van der Waals surface area contributed by atoms with Gasteiger partial charge in [-0.15, -0.1) is 0 Å². The fourth-order valence-corrected chi connectivity index (χ4v) is 6.24. The maximum atomic E-state index is 15.1. The fourth-order valence-electron chi connectivity index (χ4n) is 6.24. The first-order valence-electron chi connectivity index (χ1n) is 16.3. The Morgan fingerprint density at radius 3 is 2.45 bits per heavy atom. The molecule has 4 aliphatic rings. The summed E-state index contributed by atoms with van der Waals surface area (Å²) in [6.45, 7) is 3.54. The molecule has 0 saturated carbocycles. The summed E-state index contributed by atoms with van der Waals surface area (Å²) in [4.78, 5) is 54.3. The lowest BCUT2D eigenvalue weighted by Gasteiger charge is -2.34. The number of carbonyl (C=O) groups is 3. The Labute approximate surface area is 282 Å². The van der Waals surface area contributed by atoms with E-state index in [9.17, 15) is 14.4 Å². The number of rotatable bonds is 3. The molecule has 0 spiro atoms. The van der Waals surface area contributed by atoms with Crippen molar-refractivity contribution in [3.63, 3.8) is 0 Å². The summed E-state index contributed by atoms with van der Waals surface area (Å²) in [5.41, 5.74) is 2.02. The van der Waals surface area contributed by atoms with Crippen molar-refractivity contribution in [3.8, 4) is 22.6 Å². The molecule has 2 saturated heterocycles. The van der Waals surface area contributed by atoms with Crippen LogP contribution in [0.15, 0.2) is 85.2 Å². The molecule has 0 radical (unpaired) electrons. The van der Waals surface area contributed by atoms with Gasteiger partial charge in [0.2, 0.25) is 11.9 Å². The zero-order valence-corrected chi connectivity index (χ0v) is 26.8. The van der Waals surface area contributed by atoms with Crippen LogP contribution in [0.4, 0.5) is 10.3 Å². The Kier molecular flexibility index (Phi) is 9.33. The number of hydrogen-bond donors (Lipinski definition) is 2. The second-order valence-corrected chi connectivity index (χ2v) is 12.3. The Hall–Kier alpha value is -5.56. The smallest absolute Gasteiger partial charge is 0.258 e. The van der Waals surface area contributed by atoms with Gasteiger partial charge in [0.05, 0.1) is 24.7 Å². The number of piperazine rings is 1. The molecule has 4 aromatic rings. The Balaban J connectivity index is 1.10. The molecule has 3 amide bonds. The van der Waals surface area contributed by atoms with Crippen molar-refractivity contribution in [2.45, 2.75) is 18.7 Å². The largest absolute Gasteiger partial charge is 0.486 e. The van der Waals surface area contributed by atoms with Crippen LogP contribution in [0.25, 0.3) is 11.1 Å². The number of hydrogen-bond acceptors (Lipinski definition) is 9. The van der Waals surface area contributed by atoms with Gasteiger partial charge in [-0.05, 0) is 59.2 Å². The highest BCUT2D eigenvalue weighted by Crippen LogP contribution is 2.27. The van der Waals surface area contributed by atoms with Crippen molar-refractivity contribution < 1.29 is 28.2 Å². The lowest BCUT2D eigenvalue weighted by molar-refractivity contribution is -0.131. The normalized spacial score (nSPS) is 20.0. The van der Waals surface area contributed by atoms with Gasteiger partial charge in [-0.3, -0.25) is 19.3 Å². The number of ether oxygens (including phenoxy) is 2. The number of fused-ring (bicyclic) bond motifs is 7. The molecule has 5 heterocycles. The zero-order chi connectivity index (χ0) is 33.7. The minimum atomic E-state index is -0.675. The second-order valence-electron chi connectivity index (χ2n) is 12.3. The molecule has 4 aliphatic heterocycles. The van der Waals surface area contributed by atoms with E-state index in [1.165, 1.54) is 12.1 Å². The molecule has 2 atom stereocenters. The van der Waals surface area contributed by atoms with Gasteiger partial charge in [-0.1, -0.05) is 30.3 Å². The zero-order valence-electron chi connectivity index (χ0n) is 26.8. The third-order valence-electron chi connectivity index (χ3n) is 8.95. The van der Waals surface area contributed by atoms with Crippen LogP contribution in [-0.4, -0.2) is 102 Å². The standard InChI is InChI=1S/C36H36FN7O5/c37-30-10-7-26-18-29(30)35(47)41-31-20-44(34(46)22-42-13-15-43(16-14-42)36-38-11-2-12-39-36)21-32(31)49-27-8-5-24(6-9-27)19-40-33(45)23-48-28-4-1-3-25(26)17-28/h1-12,17-18,31-32H,13-16,19-23H2,(H,40,45)(H,41,47)/t31-,32-/m0/s1. The quantitative estimate of drug-likeness (QED) is 0.339. The van der Waals surface area contributed by atoms with Gasteiger partial charge in [-0.2, -0.15) is 0 Å². The third kappa shape index (κ3) is 7.62. The molecule has 13 heteroatoms. The van der Waals surface area contributed by atoms with E-state index in [1.807, 2.05) is 18.2 Å². The van der Waals surface area contributed by atoms with Crippen molar-refractivity contribution in [2.24, 2.45) is 0 Å². The number of likely N-dealkylation sites (tertiary alicyclic amines) is 1. The van der Waals surface area contributed by atoms with E-state index in [0.717, 1.165) is 5.56 Å². The molecule has 12 nitrogen and oxygen atoms in total. The number of nitrogens with zero attached hydrogens (tertiary/aromatic N) is 5. The molecule has 49 heavy (non-hydrogen) atoms. The van der Waals surface area contributed by atoms with Crippen LogP contribution >= 0.6 is 0 Å². The molecule has 3 aromatic carbocycles. The number of nitrogens with one attached hydrogen (secondary N) is 2. The first-order chi connectivity index (χ1) is 23.9. The number of aromatic nitrogens is 2. The van der Waals surface area contributed by atoms with Crippen LogP contribution in [0.3, 0.4) is 0 Å². The molecule has 252 valence electrons. The molecular formula is C36H36FN7O5. The van der Waals surface area contributed by atoms with E-state index >= 15 is 4.39 Å². The highest BCUT2D eigenvalue weighted by molar-refractivity contribution is 5.96. The van der Waals surface area contributed by atoms with E-state index in [4.69, 9.17) is 9.47 Å². The minimum absolute atomic E-state index is 0.0818. The van der Waals surface area contributed by atoms with Crippen LogP contribution in [0.1, 0.15) is 15.9 Å². The summed E-state index contributed by atoms with van der Waals surface area (Å²) < 4.78 is 27.2. The monoisotopic (exact) mass is 665 g/mol. The van der Waals surface area contributed by atoms with E-state index in [0.29, 0.717) is 61.3 Å². The summed E-state index contributed by atoms with van der Waals surface area (Å²) in [6.07, 6.45) is 2.84. The van der Waals surface area contributed by atoms with Gasteiger partial charge < -0.3 is 29.9 Å². The van der Waals surface area contributed by atoms with Crippen molar-refractivity contribution in [1.82, 2.24) is 30.4 Å². The average Bonchev–Trinajstić information content (AvgIpc) is 3.52. The van der Waals surface area contributed by atoms with Crippen LogP contribution < -0.4 is 25.0 Å². The van der Waals surface area contributed by atoms with Gasteiger partial charge in [0.15, 0.2) is 6.61 Å². The average molecular weight is 666 g/mol. The maximum absolute atomic E-state index is 15.1. The van der Waals surface area contributed by atoms with Gasteiger partial charge >= 0.3 is 0 Å². The van der Waals surface area contributed by atoms with Crippen molar-refractivity contribution in [3.05, 3.63) is 102 Å². The summed E-state index contributed by atoms with van der Waals surface area (Å²) in [5.74, 6) is 0.0226. The van der Waals surface area contributed by atoms with Gasteiger partial charge in [0, 0.05) is 51.7 Å². The van der Waals surface area contributed by atoms with Crippen LogP contribution in [0, 0.1) is 5.82 Å². The van der Waals surface area contributed by atoms with E-state index < -0.39 is 23.9 Å². The Morgan fingerprint density at radius 2 is 1.65 bits per heavy atom. The van der Waals surface area contributed by atoms with Crippen molar-refractivity contribution in [2.75, 3.05) is 57.3 Å². The van der Waals surface area contributed by atoms with Crippen LogP contribution in [0.2, 0.25) is 0 Å². The number of carbonyl (C=O) groups excluding carboxylic acids is 3. The van der Waals surface area contributed by atoms with Crippen molar-refractivity contribution in [1.29, 1.82) is 0 Å². The second kappa shape index (κ2) is 14.3. The molecule has 8 rings (SSSR count). The highest BCUT2D eigenvalue weighted by atomic mass is 19.1. The Morgan fingerprint density at radius 1 is 0.878 bits per heavy atom. The van der Waals surface area contributed by atoms with Gasteiger partial charge in [0.25, 0.3) is 11.8 Å². The number of amides is 3. The topological polar surface area (TPSA) is 129 Å². The molecule has 0 aliphatic carbocycles. The number of benzene rings is 3. The predicted octanol–water partition coefficient (Wildman–Crippen LogP) is 2.50. The minimum Gasteiger partial charge on any atom is -0.486 e. The number of halogens is 1. The van der Waals surface area contributed by atoms with Gasteiger partial charge in [-0.25, -0.2) is 14.4 Å². The van der Waals surface area contributed by atoms with Crippen LogP contribution in [0.5, 0.6) is 11.5 Å². The molecular weight excluding hydrogens is 629 g/mol. The van der Waals surface area contributed by atoms with E-state index in [2.05, 4.69) is 30.4 Å². The molecule has 2 fully saturated rings.